The van der Waals surface area contributed by atoms with Crippen LogP contribution in [0.25, 0.3) is 0 Å². The van der Waals surface area contributed by atoms with E-state index in [2.05, 4.69) is 41.9 Å². The number of hydrogen-bond acceptors (Lipinski definition) is 2. The van der Waals surface area contributed by atoms with Crippen molar-refractivity contribution in [1.82, 2.24) is 4.90 Å². The van der Waals surface area contributed by atoms with Gasteiger partial charge in [0.2, 0.25) is 0 Å². The highest BCUT2D eigenvalue weighted by Crippen LogP contribution is 2.31. The van der Waals surface area contributed by atoms with Crippen LogP contribution < -0.4 is 0 Å². The second kappa shape index (κ2) is 5.04. The summed E-state index contributed by atoms with van der Waals surface area (Å²) in [5.41, 5.74) is 0. The number of nitrogens with zero attached hydrogens (tertiary/aromatic N) is 1. The van der Waals surface area contributed by atoms with Crippen LogP contribution in [-0.2, 0) is 0 Å². The van der Waals surface area contributed by atoms with Gasteiger partial charge in [0.25, 0.3) is 0 Å². The molecule has 0 saturated carbocycles. The van der Waals surface area contributed by atoms with Crippen LogP contribution >= 0.6 is 11.8 Å². The summed E-state index contributed by atoms with van der Waals surface area (Å²) < 4.78 is 0. The summed E-state index contributed by atoms with van der Waals surface area (Å²) in [6.45, 7) is 2.54. The van der Waals surface area contributed by atoms with E-state index in [1.54, 1.807) is 0 Å². The molecule has 0 aromatic carbocycles. The maximum absolute atomic E-state index is 2.43. The number of allylic oxidation sites excluding steroid dienone is 3. The van der Waals surface area contributed by atoms with Gasteiger partial charge in [-0.3, -0.25) is 0 Å². The van der Waals surface area contributed by atoms with Crippen molar-refractivity contribution in [3.63, 3.8) is 0 Å². The number of piperidine rings is 1. The highest BCUT2D eigenvalue weighted by molar-refractivity contribution is 8.03. The van der Waals surface area contributed by atoms with E-state index in [9.17, 15) is 0 Å². The number of hydrogen-bond donors (Lipinski definition) is 0. The molecule has 0 N–H and O–H groups in total. The summed E-state index contributed by atoms with van der Waals surface area (Å²) in [6, 6.07) is 0. The van der Waals surface area contributed by atoms with Crippen LogP contribution in [0.1, 0.15) is 25.7 Å². The Morgan fingerprint density at radius 1 is 1.29 bits per heavy atom. The zero-order valence-electron chi connectivity index (χ0n) is 8.91. The fraction of sp³-hybridized carbons (Fsp3) is 0.667. The number of likely N-dealkylation sites (tertiary alicyclic amines) is 1. The first-order valence-corrected chi connectivity index (χ1v) is 6.44. The third kappa shape index (κ3) is 2.89. The van der Waals surface area contributed by atoms with Gasteiger partial charge in [-0.15, -0.1) is 11.8 Å². The number of thioether (sulfide) groups is 1. The van der Waals surface area contributed by atoms with Gasteiger partial charge in [0.1, 0.15) is 0 Å². The van der Waals surface area contributed by atoms with Crippen molar-refractivity contribution in [3.05, 3.63) is 23.1 Å². The second-order valence-corrected chi connectivity index (χ2v) is 5.58. The first kappa shape index (κ1) is 10.3. The summed E-state index contributed by atoms with van der Waals surface area (Å²) in [5.74, 6) is 0. The van der Waals surface area contributed by atoms with Crippen molar-refractivity contribution < 1.29 is 0 Å². The van der Waals surface area contributed by atoms with Crippen molar-refractivity contribution in [1.29, 1.82) is 0 Å². The lowest BCUT2D eigenvalue weighted by Crippen LogP contribution is -2.31. The van der Waals surface area contributed by atoms with Gasteiger partial charge in [0.15, 0.2) is 0 Å². The molecule has 1 nitrogen and oxygen atoms in total. The molecule has 0 aromatic heterocycles. The molecule has 0 radical (unpaired) electrons. The largest absolute Gasteiger partial charge is 0.306 e. The molecule has 0 unspecified atom stereocenters. The molecule has 0 bridgehead atoms. The van der Waals surface area contributed by atoms with Gasteiger partial charge in [0, 0.05) is 10.2 Å². The Hall–Kier alpha value is -0.210. The van der Waals surface area contributed by atoms with Crippen LogP contribution in [0.15, 0.2) is 23.1 Å². The van der Waals surface area contributed by atoms with Gasteiger partial charge >= 0.3 is 0 Å². The molecule has 0 aromatic rings. The van der Waals surface area contributed by atoms with Gasteiger partial charge in [-0.05, 0) is 45.8 Å². The van der Waals surface area contributed by atoms with Gasteiger partial charge in [-0.2, -0.15) is 0 Å². The highest BCUT2D eigenvalue weighted by Gasteiger charge is 2.17. The third-order valence-electron chi connectivity index (χ3n) is 2.93. The lowest BCUT2D eigenvalue weighted by molar-refractivity contribution is 0.282. The predicted molar refractivity (Wildman–Crippen MR) is 64.6 cm³/mol. The highest BCUT2D eigenvalue weighted by atomic mass is 32.2. The van der Waals surface area contributed by atoms with Crippen LogP contribution in [0, 0.1) is 0 Å². The van der Waals surface area contributed by atoms with Crippen molar-refractivity contribution in [2.75, 3.05) is 20.1 Å². The monoisotopic (exact) mass is 209 g/mol. The quantitative estimate of drug-likeness (QED) is 0.687. The van der Waals surface area contributed by atoms with Crippen LogP contribution in [-0.4, -0.2) is 30.3 Å². The number of rotatable bonds is 2. The molecule has 1 aliphatic heterocycles. The second-order valence-electron chi connectivity index (χ2n) is 4.21. The molecule has 2 rings (SSSR count). The van der Waals surface area contributed by atoms with E-state index in [4.69, 9.17) is 0 Å². The Bertz CT molecular complexity index is 237. The van der Waals surface area contributed by atoms with Crippen molar-refractivity contribution in [2.45, 2.75) is 30.9 Å². The minimum Gasteiger partial charge on any atom is -0.306 e. The lowest BCUT2D eigenvalue weighted by atomic mass is 10.1. The van der Waals surface area contributed by atoms with E-state index >= 15 is 0 Å². The Morgan fingerprint density at radius 2 is 2.07 bits per heavy atom. The Labute approximate surface area is 91.2 Å². The van der Waals surface area contributed by atoms with Crippen LogP contribution in [0.5, 0.6) is 0 Å². The molecule has 78 valence electrons. The molecule has 1 heterocycles. The van der Waals surface area contributed by atoms with Gasteiger partial charge < -0.3 is 4.90 Å². The van der Waals surface area contributed by atoms with E-state index in [0.29, 0.717) is 0 Å². The van der Waals surface area contributed by atoms with Crippen molar-refractivity contribution in [2.24, 2.45) is 0 Å². The molecule has 1 saturated heterocycles. The molecule has 0 amide bonds. The predicted octanol–water partition coefficient (Wildman–Crippen LogP) is 3.05. The average Bonchev–Trinajstić information content (AvgIpc) is 2.23. The van der Waals surface area contributed by atoms with E-state index in [-0.39, 0.29) is 0 Å². The third-order valence-corrected chi connectivity index (χ3v) is 4.31. The van der Waals surface area contributed by atoms with E-state index in [0.717, 1.165) is 5.25 Å². The van der Waals surface area contributed by atoms with E-state index in [1.165, 1.54) is 43.7 Å². The summed E-state index contributed by atoms with van der Waals surface area (Å²) in [7, 11) is 2.22. The maximum atomic E-state index is 2.43. The van der Waals surface area contributed by atoms with E-state index < -0.39 is 0 Å². The summed E-state index contributed by atoms with van der Waals surface area (Å²) in [5, 5.41) is 0.861. The molecule has 1 fully saturated rings. The topological polar surface area (TPSA) is 3.24 Å². The van der Waals surface area contributed by atoms with Gasteiger partial charge in [-0.1, -0.05) is 18.2 Å². The summed E-state index contributed by atoms with van der Waals surface area (Å²) in [4.78, 5) is 3.94. The normalized spacial score (nSPS) is 25.1. The molecule has 2 aliphatic rings. The lowest BCUT2D eigenvalue weighted by Gasteiger charge is -2.28. The first-order valence-electron chi connectivity index (χ1n) is 5.56. The first-order chi connectivity index (χ1) is 6.84. The van der Waals surface area contributed by atoms with Crippen molar-refractivity contribution >= 4 is 11.8 Å². The van der Waals surface area contributed by atoms with Crippen LogP contribution in [0.4, 0.5) is 0 Å². The van der Waals surface area contributed by atoms with E-state index in [1.807, 2.05) is 0 Å². The molecule has 0 spiro atoms. The Balaban J connectivity index is 1.80. The fourth-order valence-electron chi connectivity index (χ4n) is 1.97. The summed E-state index contributed by atoms with van der Waals surface area (Å²) in [6.07, 6.45) is 12.2. The smallest absolute Gasteiger partial charge is 0.0119 e. The Morgan fingerprint density at radius 3 is 2.71 bits per heavy atom. The van der Waals surface area contributed by atoms with Gasteiger partial charge in [0.05, 0.1) is 0 Å². The van der Waals surface area contributed by atoms with Crippen LogP contribution in [0.2, 0.25) is 0 Å². The van der Waals surface area contributed by atoms with Crippen molar-refractivity contribution in [3.8, 4) is 0 Å². The molecule has 1 aliphatic carbocycles. The molecular weight excluding hydrogens is 190 g/mol. The maximum Gasteiger partial charge on any atom is 0.0119 e. The SMILES string of the molecule is CN1CCC(SC2=CCCC=C2)CC1. The fourth-order valence-corrected chi connectivity index (χ4v) is 3.19. The molecule has 2 heteroatoms. The van der Waals surface area contributed by atoms with Gasteiger partial charge in [-0.25, -0.2) is 0 Å². The molecule has 14 heavy (non-hydrogen) atoms. The summed E-state index contributed by atoms with van der Waals surface area (Å²) >= 11 is 2.09. The molecule has 0 atom stereocenters. The Kier molecular flexibility index (Phi) is 3.71. The van der Waals surface area contributed by atoms with Crippen LogP contribution in [0.3, 0.4) is 0 Å². The molecular formula is C12H19NS. The minimum absolute atomic E-state index is 0.861. The zero-order chi connectivity index (χ0) is 9.80. The average molecular weight is 209 g/mol. The minimum atomic E-state index is 0.861. The standard InChI is InChI=1S/C12H19NS/c1-13-9-7-12(8-10-13)14-11-5-3-2-4-6-11/h3,5-6,12H,2,4,7-10H2,1H3. The zero-order valence-corrected chi connectivity index (χ0v) is 9.72.